The van der Waals surface area contributed by atoms with E-state index >= 15 is 0 Å². The van der Waals surface area contributed by atoms with Crippen molar-refractivity contribution >= 4 is 0 Å². The average Bonchev–Trinajstić information content (AvgIpc) is 2.29. The number of nitrogens with zero attached hydrogens (tertiary/aromatic N) is 1. The Labute approximate surface area is 102 Å². The van der Waals surface area contributed by atoms with Crippen LogP contribution in [0.4, 0.5) is 0 Å². The van der Waals surface area contributed by atoms with Crippen LogP contribution in [0.3, 0.4) is 0 Å². The van der Waals surface area contributed by atoms with Crippen molar-refractivity contribution in [3.05, 3.63) is 0 Å². The summed E-state index contributed by atoms with van der Waals surface area (Å²) < 4.78 is 0. The first-order chi connectivity index (χ1) is 7.75. The number of unbranched alkanes of at least 4 members (excludes halogenated alkanes) is 2. The van der Waals surface area contributed by atoms with E-state index in [9.17, 15) is 0 Å². The van der Waals surface area contributed by atoms with Crippen LogP contribution in [0.2, 0.25) is 0 Å². The minimum atomic E-state index is 0.808. The highest BCUT2D eigenvalue weighted by Crippen LogP contribution is 2.22. The van der Waals surface area contributed by atoms with Crippen LogP contribution in [0.25, 0.3) is 0 Å². The average molecular weight is 226 g/mol. The Morgan fingerprint density at radius 3 is 2.75 bits per heavy atom. The van der Waals surface area contributed by atoms with Gasteiger partial charge in [-0.25, -0.2) is 0 Å². The van der Waals surface area contributed by atoms with Crippen LogP contribution in [0.1, 0.15) is 52.9 Å². The van der Waals surface area contributed by atoms with Crippen LogP contribution in [-0.4, -0.2) is 37.1 Å². The second kappa shape index (κ2) is 8.08. The van der Waals surface area contributed by atoms with Crippen LogP contribution in [0.5, 0.6) is 0 Å². The van der Waals surface area contributed by atoms with E-state index in [0.29, 0.717) is 0 Å². The molecule has 0 aromatic carbocycles. The lowest BCUT2D eigenvalue weighted by atomic mass is 9.92. The molecule has 2 heteroatoms. The van der Waals surface area contributed by atoms with Gasteiger partial charge in [-0.15, -0.1) is 0 Å². The van der Waals surface area contributed by atoms with Gasteiger partial charge in [0.1, 0.15) is 0 Å². The smallest absolute Gasteiger partial charge is 0.00925 e. The van der Waals surface area contributed by atoms with Crippen molar-refractivity contribution in [3.63, 3.8) is 0 Å². The fraction of sp³-hybridized carbons (Fsp3) is 1.00. The standard InChI is InChI=1S/C14H30N2/c1-4-15-10-6-5-7-11-16-12-8-9-13(2)14(16)3/h13-15H,4-12H2,1-3H3. The van der Waals surface area contributed by atoms with Gasteiger partial charge in [-0.2, -0.15) is 0 Å². The van der Waals surface area contributed by atoms with E-state index in [1.54, 1.807) is 0 Å². The lowest BCUT2D eigenvalue weighted by molar-refractivity contribution is 0.112. The first-order valence-corrected chi connectivity index (χ1v) is 7.20. The summed E-state index contributed by atoms with van der Waals surface area (Å²) in [5.41, 5.74) is 0. The van der Waals surface area contributed by atoms with Gasteiger partial charge in [0.05, 0.1) is 0 Å². The summed E-state index contributed by atoms with van der Waals surface area (Å²) >= 11 is 0. The highest BCUT2D eigenvalue weighted by molar-refractivity contribution is 4.78. The second-order valence-corrected chi connectivity index (χ2v) is 5.31. The first kappa shape index (κ1) is 14.0. The molecule has 0 aliphatic carbocycles. The van der Waals surface area contributed by atoms with Crippen LogP contribution in [-0.2, 0) is 0 Å². The third-order valence-corrected chi connectivity index (χ3v) is 4.05. The van der Waals surface area contributed by atoms with Gasteiger partial charge in [0.15, 0.2) is 0 Å². The number of piperidine rings is 1. The second-order valence-electron chi connectivity index (χ2n) is 5.31. The van der Waals surface area contributed by atoms with Crippen molar-refractivity contribution in [3.8, 4) is 0 Å². The van der Waals surface area contributed by atoms with E-state index in [-0.39, 0.29) is 0 Å². The number of nitrogens with one attached hydrogen (secondary N) is 1. The quantitative estimate of drug-likeness (QED) is 0.672. The largest absolute Gasteiger partial charge is 0.317 e. The summed E-state index contributed by atoms with van der Waals surface area (Å²) in [5, 5.41) is 3.39. The predicted molar refractivity (Wildman–Crippen MR) is 71.8 cm³/mol. The summed E-state index contributed by atoms with van der Waals surface area (Å²) in [6.07, 6.45) is 6.93. The maximum atomic E-state index is 3.39. The highest BCUT2D eigenvalue weighted by Gasteiger charge is 2.23. The van der Waals surface area contributed by atoms with Crippen LogP contribution >= 0.6 is 0 Å². The van der Waals surface area contributed by atoms with Crippen LogP contribution in [0, 0.1) is 5.92 Å². The third-order valence-electron chi connectivity index (χ3n) is 4.05. The minimum absolute atomic E-state index is 0.808. The SMILES string of the molecule is CCNCCCCCN1CCCC(C)C1C. The van der Waals surface area contributed by atoms with Gasteiger partial charge in [-0.05, 0) is 64.7 Å². The van der Waals surface area contributed by atoms with E-state index in [0.717, 1.165) is 18.5 Å². The van der Waals surface area contributed by atoms with Gasteiger partial charge in [0.2, 0.25) is 0 Å². The molecule has 0 radical (unpaired) electrons. The Balaban J connectivity index is 2.03. The zero-order valence-electron chi connectivity index (χ0n) is 11.5. The molecule has 1 N–H and O–H groups in total. The fourth-order valence-electron chi connectivity index (χ4n) is 2.65. The Hall–Kier alpha value is -0.0800. The molecule has 0 aromatic heterocycles. The molecular weight excluding hydrogens is 196 g/mol. The summed E-state index contributed by atoms with van der Waals surface area (Å²) in [7, 11) is 0. The highest BCUT2D eigenvalue weighted by atomic mass is 15.2. The van der Waals surface area contributed by atoms with E-state index < -0.39 is 0 Å². The van der Waals surface area contributed by atoms with Crippen LogP contribution in [0.15, 0.2) is 0 Å². The maximum Gasteiger partial charge on any atom is 0.00925 e. The lowest BCUT2D eigenvalue weighted by Gasteiger charge is -2.37. The summed E-state index contributed by atoms with van der Waals surface area (Å²) in [6, 6.07) is 0.808. The van der Waals surface area contributed by atoms with Gasteiger partial charge < -0.3 is 10.2 Å². The Kier molecular flexibility index (Phi) is 7.06. The molecule has 2 nitrogen and oxygen atoms in total. The Morgan fingerprint density at radius 1 is 1.19 bits per heavy atom. The molecule has 0 saturated carbocycles. The Bertz CT molecular complexity index is 170. The topological polar surface area (TPSA) is 15.3 Å². The zero-order chi connectivity index (χ0) is 11.8. The van der Waals surface area contributed by atoms with Crippen molar-refractivity contribution in [2.45, 2.75) is 58.9 Å². The molecule has 0 bridgehead atoms. The number of hydrogen-bond acceptors (Lipinski definition) is 2. The molecule has 0 spiro atoms. The molecule has 96 valence electrons. The Morgan fingerprint density at radius 2 is 2.00 bits per heavy atom. The van der Waals surface area contributed by atoms with Crippen LogP contribution < -0.4 is 5.32 Å². The van der Waals surface area contributed by atoms with E-state index in [1.807, 2.05) is 0 Å². The van der Waals surface area contributed by atoms with Gasteiger partial charge in [-0.1, -0.05) is 20.3 Å². The zero-order valence-corrected chi connectivity index (χ0v) is 11.5. The third kappa shape index (κ3) is 4.84. The monoisotopic (exact) mass is 226 g/mol. The van der Waals surface area contributed by atoms with Crippen molar-refractivity contribution < 1.29 is 0 Å². The minimum Gasteiger partial charge on any atom is -0.317 e. The van der Waals surface area contributed by atoms with E-state index in [1.165, 1.54) is 51.7 Å². The number of rotatable bonds is 7. The molecule has 0 aromatic rings. The molecule has 1 fully saturated rings. The van der Waals surface area contributed by atoms with Crippen molar-refractivity contribution in [1.29, 1.82) is 0 Å². The van der Waals surface area contributed by atoms with Crippen molar-refractivity contribution in [2.75, 3.05) is 26.2 Å². The fourth-order valence-corrected chi connectivity index (χ4v) is 2.65. The van der Waals surface area contributed by atoms with E-state index in [4.69, 9.17) is 0 Å². The molecular formula is C14H30N2. The van der Waals surface area contributed by atoms with Crippen molar-refractivity contribution in [1.82, 2.24) is 10.2 Å². The molecule has 0 amide bonds. The first-order valence-electron chi connectivity index (χ1n) is 7.20. The summed E-state index contributed by atoms with van der Waals surface area (Å²) in [6.45, 7) is 11.9. The van der Waals surface area contributed by atoms with Gasteiger partial charge in [-0.3, -0.25) is 0 Å². The van der Waals surface area contributed by atoms with Gasteiger partial charge >= 0.3 is 0 Å². The molecule has 1 aliphatic heterocycles. The molecule has 2 unspecified atom stereocenters. The summed E-state index contributed by atoms with van der Waals surface area (Å²) in [5.74, 6) is 0.899. The normalized spacial score (nSPS) is 27.2. The van der Waals surface area contributed by atoms with Crippen molar-refractivity contribution in [2.24, 2.45) is 5.92 Å². The van der Waals surface area contributed by atoms with E-state index in [2.05, 4.69) is 31.0 Å². The number of hydrogen-bond donors (Lipinski definition) is 1. The molecule has 2 atom stereocenters. The predicted octanol–water partition coefficient (Wildman–Crippen LogP) is 2.89. The maximum absolute atomic E-state index is 3.39. The molecule has 1 rings (SSSR count). The van der Waals surface area contributed by atoms with Gasteiger partial charge in [0.25, 0.3) is 0 Å². The lowest BCUT2D eigenvalue weighted by Crippen LogP contribution is -2.42. The number of likely N-dealkylation sites (tertiary alicyclic amines) is 1. The molecule has 1 heterocycles. The molecule has 1 saturated heterocycles. The molecule has 1 aliphatic rings. The molecule has 16 heavy (non-hydrogen) atoms. The summed E-state index contributed by atoms with van der Waals surface area (Å²) in [4.78, 5) is 2.70. The van der Waals surface area contributed by atoms with Gasteiger partial charge in [0, 0.05) is 6.04 Å².